The SMILES string of the molecule is C[N+](C)(C)C.[O-]B(O)OC(c1ccccc1)(c1ccccc1)c1ccccc1-c1ccccc1. The Morgan fingerprint density at radius 2 is 1.03 bits per heavy atom. The Labute approximate surface area is 203 Å². The maximum Gasteiger partial charge on any atom is 0.344 e. The van der Waals surface area contributed by atoms with Crippen molar-refractivity contribution in [2.24, 2.45) is 0 Å². The molecule has 0 radical (unpaired) electrons. The van der Waals surface area contributed by atoms with Crippen molar-refractivity contribution in [1.82, 2.24) is 0 Å². The third kappa shape index (κ3) is 6.43. The van der Waals surface area contributed by atoms with Gasteiger partial charge in [0.1, 0.15) is 5.60 Å². The Hall–Kier alpha value is -3.22. The van der Waals surface area contributed by atoms with Crippen molar-refractivity contribution in [3.8, 4) is 11.1 Å². The second-order valence-corrected chi connectivity index (χ2v) is 9.43. The first-order valence-electron chi connectivity index (χ1n) is 11.3. The lowest BCUT2D eigenvalue weighted by molar-refractivity contribution is -0.849. The van der Waals surface area contributed by atoms with Crippen LogP contribution in [0.1, 0.15) is 16.7 Å². The summed E-state index contributed by atoms with van der Waals surface area (Å²) in [6.45, 7) is 0. The van der Waals surface area contributed by atoms with Crippen molar-refractivity contribution in [3.05, 3.63) is 132 Å². The van der Waals surface area contributed by atoms with Gasteiger partial charge in [-0.05, 0) is 27.8 Å². The second kappa shape index (κ2) is 11.3. The summed E-state index contributed by atoms with van der Waals surface area (Å²) < 4.78 is 6.86. The number of rotatable bonds is 6. The third-order valence-corrected chi connectivity index (χ3v) is 5.03. The molecule has 1 N–H and O–H groups in total. The van der Waals surface area contributed by atoms with Gasteiger partial charge in [-0.3, -0.25) is 0 Å². The van der Waals surface area contributed by atoms with Crippen LogP contribution in [0.5, 0.6) is 0 Å². The fourth-order valence-corrected chi connectivity index (χ4v) is 3.83. The van der Waals surface area contributed by atoms with Gasteiger partial charge in [0.05, 0.1) is 28.2 Å². The van der Waals surface area contributed by atoms with Gasteiger partial charge < -0.3 is 19.2 Å². The molecule has 0 saturated carbocycles. The minimum absolute atomic E-state index is 0.768. The molecule has 4 aromatic carbocycles. The molecule has 4 rings (SSSR count). The van der Waals surface area contributed by atoms with Crippen LogP contribution in [0.25, 0.3) is 11.1 Å². The molecular formula is C29H32BNO3. The normalized spacial score (nSPS) is 11.4. The van der Waals surface area contributed by atoms with Gasteiger partial charge in [-0.1, -0.05) is 115 Å². The first-order valence-corrected chi connectivity index (χ1v) is 11.3. The van der Waals surface area contributed by atoms with Gasteiger partial charge >= 0.3 is 7.32 Å². The van der Waals surface area contributed by atoms with E-state index >= 15 is 0 Å². The van der Waals surface area contributed by atoms with Crippen molar-refractivity contribution >= 4 is 7.32 Å². The van der Waals surface area contributed by atoms with Crippen molar-refractivity contribution in [2.45, 2.75) is 5.60 Å². The first-order chi connectivity index (χ1) is 16.2. The smallest absolute Gasteiger partial charge is 0.344 e. The molecule has 0 fully saturated rings. The maximum absolute atomic E-state index is 12.0. The Balaban J connectivity index is 0.000000588. The van der Waals surface area contributed by atoms with Crippen LogP contribution in [0.4, 0.5) is 0 Å². The molecule has 0 aromatic heterocycles. The predicted molar refractivity (Wildman–Crippen MR) is 138 cm³/mol. The molecule has 0 saturated heterocycles. The lowest BCUT2D eigenvalue weighted by Gasteiger charge is -2.40. The first kappa shape index (κ1) is 25.4. The minimum atomic E-state index is -2.21. The van der Waals surface area contributed by atoms with Crippen LogP contribution in [-0.2, 0) is 10.3 Å². The molecule has 34 heavy (non-hydrogen) atoms. The van der Waals surface area contributed by atoms with Gasteiger partial charge in [-0.2, -0.15) is 0 Å². The largest absolute Gasteiger partial charge is 0.832 e. The van der Waals surface area contributed by atoms with E-state index in [4.69, 9.17) is 4.65 Å². The molecule has 0 spiro atoms. The molecule has 0 atom stereocenters. The van der Waals surface area contributed by atoms with E-state index in [-0.39, 0.29) is 0 Å². The summed E-state index contributed by atoms with van der Waals surface area (Å²) in [5.41, 5.74) is 2.99. The number of benzene rings is 4. The van der Waals surface area contributed by atoms with Crippen LogP contribution in [0, 0.1) is 0 Å². The number of hydrogen-bond donors (Lipinski definition) is 1. The van der Waals surface area contributed by atoms with Crippen molar-refractivity contribution < 1.29 is 19.2 Å². The highest BCUT2D eigenvalue weighted by atomic mass is 16.6. The van der Waals surface area contributed by atoms with Gasteiger partial charge in [-0.25, -0.2) is 0 Å². The van der Waals surface area contributed by atoms with Crippen LogP contribution in [0.3, 0.4) is 0 Å². The van der Waals surface area contributed by atoms with Crippen LogP contribution in [0.15, 0.2) is 115 Å². The minimum Gasteiger partial charge on any atom is -0.832 e. The summed E-state index contributed by atoms with van der Waals surface area (Å²) >= 11 is 0. The average Bonchev–Trinajstić information content (AvgIpc) is 2.83. The summed E-state index contributed by atoms with van der Waals surface area (Å²) in [5.74, 6) is 0. The van der Waals surface area contributed by atoms with Crippen molar-refractivity contribution in [3.63, 3.8) is 0 Å². The zero-order valence-electron chi connectivity index (χ0n) is 20.3. The van der Waals surface area contributed by atoms with Crippen LogP contribution in [0.2, 0.25) is 0 Å². The molecule has 0 aliphatic carbocycles. The van der Waals surface area contributed by atoms with Gasteiger partial charge in [0.25, 0.3) is 0 Å². The fourth-order valence-electron chi connectivity index (χ4n) is 3.83. The second-order valence-electron chi connectivity index (χ2n) is 9.43. The molecule has 0 aliphatic heterocycles. The number of quaternary nitrogens is 1. The fraction of sp³-hybridized carbons (Fsp3) is 0.172. The van der Waals surface area contributed by atoms with Crippen molar-refractivity contribution in [1.29, 1.82) is 0 Å². The summed E-state index contributed by atoms with van der Waals surface area (Å²) in [6.07, 6.45) is 0. The summed E-state index contributed by atoms with van der Waals surface area (Å²) in [4.78, 5) is 0. The molecule has 0 aliphatic rings. The third-order valence-electron chi connectivity index (χ3n) is 5.03. The van der Waals surface area contributed by atoms with Crippen LogP contribution < -0.4 is 5.02 Å². The Kier molecular flexibility index (Phi) is 8.43. The summed E-state index contributed by atoms with van der Waals surface area (Å²) in [5, 5.41) is 21.9. The summed E-state index contributed by atoms with van der Waals surface area (Å²) in [7, 11) is 6.29. The molecule has 0 unspecified atom stereocenters. The highest BCUT2D eigenvalue weighted by molar-refractivity contribution is 6.30. The molecule has 5 heteroatoms. The van der Waals surface area contributed by atoms with E-state index in [0.29, 0.717) is 0 Å². The zero-order chi connectivity index (χ0) is 24.6. The van der Waals surface area contributed by atoms with E-state index < -0.39 is 12.9 Å². The Morgan fingerprint density at radius 1 is 0.647 bits per heavy atom. The molecule has 0 bridgehead atoms. The van der Waals surface area contributed by atoms with Crippen LogP contribution >= 0.6 is 0 Å². The van der Waals surface area contributed by atoms with Crippen LogP contribution in [-0.4, -0.2) is 45.0 Å². The highest BCUT2D eigenvalue weighted by Crippen LogP contribution is 2.44. The molecule has 4 nitrogen and oxygen atoms in total. The number of hydrogen-bond acceptors (Lipinski definition) is 3. The topological polar surface area (TPSA) is 52.5 Å². The molecular weight excluding hydrogens is 421 g/mol. The number of nitrogens with zero attached hydrogens (tertiary/aromatic N) is 1. The Bertz CT molecular complexity index is 1100. The quantitative estimate of drug-likeness (QED) is 0.269. The highest BCUT2D eigenvalue weighted by Gasteiger charge is 2.39. The molecule has 4 aromatic rings. The maximum atomic E-state index is 12.0. The average molecular weight is 453 g/mol. The molecule has 0 heterocycles. The van der Waals surface area contributed by atoms with E-state index in [0.717, 1.165) is 32.3 Å². The van der Waals surface area contributed by atoms with E-state index in [9.17, 15) is 10.0 Å². The molecule has 174 valence electrons. The van der Waals surface area contributed by atoms with Gasteiger partial charge in [0, 0.05) is 0 Å². The van der Waals surface area contributed by atoms with Crippen molar-refractivity contribution in [2.75, 3.05) is 28.2 Å². The summed E-state index contributed by atoms with van der Waals surface area (Å²) in [6, 6.07) is 36.9. The van der Waals surface area contributed by atoms with E-state index in [1.54, 1.807) is 0 Å². The lowest BCUT2D eigenvalue weighted by Crippen LogP contribution is -2.45. The zero-order valence-corrected chi connectivity index (χ0v) is 20.3. The van der Waals surface area contributed by atoms with E-state index in [2.05, 4.69) is 28.2 Å². The van der Waals surface area contributed by atoms with E-state index in [1.165, 1.54) is 0 Å². The van der Waals surface area contributed by atoms with Gasteiger partial charge in [0.15, 0.2) is 0 Å². The van der Waals surface area contributed by atoms with Gasteiger partial charge in [0.2, 0.25) is 0 Å². The Morgan fingerprint density at radius 3 is 1.47 bits per heavy atom. The predicted octanol–water partition coefficient (Wildman–Crippen LogP) is 4.32. The van der Waals surface area contributed by atoms with Gasteiger partial charge in [-0.15, -0.1) is 0 Å². The molecule has 0 amide bonds. The van der Waals surface area contributed by atoms with E-state index in [1.807, 2.05) is 115 Å². The lowest BCUT2D eigenvalue weighted by atomic mass is 9.76. The standard InChI is InChI=1S/C25H20BO3.C4H12N/c27-26(28)29-25(21-14-6-2-7-15-21,22-16-8-3-9-17-22)24-19-11-10-18-23(24)20-12-4-1-5-13-20;1-5(2,3)4/h1-19,27H;1-4H3/q-1;+1. The monoisotopic (exact) mass is 453 g/mol.